The maximum atomic E-state index is 11.8. The lowest BCUT2D eigenvalue weighted by Crippen LogP contribution is -2.42. The number of benzene rings is 1. The van der Waals surface area contributed by atoms with E-state index in [9.17, 15) is 4.79 Å². The third-order valence-electron chi connectivity index (χ3n) is 3.71. The van der Waals surface area contributed by atoms with Crippen LogP contribution < -0.4 is 10.6 Å². The van der Waals surface area contributed by atoms with Crippen LogP contribution in [0.1, 0.15) is 19.3 Å². The maximum absolute atomic E-state index is 11.8. The number of nitrogens with zero attached hydrogens (tertiary/aromatic N) is 1. The standard InChI is InChI=1S/C15H23N3O.ClH/c1-16-13-7-10-18(11-8-13)12-9-15(19)17-14-5-3-2-4-6-14;/h2-6,13,16H,7-12H2,1H3,(H,17,19);1H. The average Bonchev–Trinajstić information content (AvgIpc) is 2.47. The number of hydrogen-bond donors (Lipinski definition) is 2. The summed E-state index contributed by atoms with van der Waals surface area (Å²) in [6.07, 6.45) is 2.92. The van der Waals surface area contributed by atoms with E-state index in [2.05, 4.69) is 15.5 Å². The summed E-state index contributed by atoms with van der Waals surface area (Å²) < 4.78 is 0. The van der Waals surface area contributed by atoms with Crippen LogP contribution in [-0.2, 0) is 4.79 Å². The highest BCUT2D eigenvalue weighted by molar-refractivity contribution is 5.90. The Balaban J connectivity index is 0.00000200. The number of piperidine rings is 1. The second-order valence-electron chi connectivity index (χ2n) is 5.07. The minimum absolute atomic E-state index is 0. The molecule has 0 saturated carbocycles. The SMILES string of the molecule is CNC1CCN(CCC(=O)Nc2ccccc2)CC1.Cl. The zero-order chi connectivity index (χ0) is 13.5. The van der Waals surface area contributed by atoms with Gasteiger partial charge in [0.1, 0.15) is 0 Å². The zero-order valence-electron chi connectivity index (χ0n) is 12.0. The van der Waals surface area contributed by atoms with E-state index in [0.717, 1.165) is 25.3 Å². The van der Waals surface area contributed by atoms with Crippen molar-refractivity contribution in [3.05, 3.63) is 30.3 Å². The van der Waals surface area contributed by atoms with Gasteiger partial charge in [-0.05, 0) is 45.1 Å². The molecule has 0 radical (unpaired) electrons. The van der Waals surface area contributed by atoms with E-state index in [4.69, 9.17) is 0 Å². The topological polar surface area (TPSA) is 44.4 Å². The van der Waals surface area contributed by atoms with E-state index in [0.29, 0.717) is 12.5 Å². The molecule has 1 aliphatic heterocycles. The number of rotatable bonds is 5. The van der Waals surface area contributed by atoms with Gasteiger partial charge < -0.3 is 15.5 Å². The lowest BCUT2D eigenvalue weighted by Gasteiger charge is -2.31. The molecule has 1 saturated heterocycles. The molecule has 0 spiro atoms. The van der Waals surface area contributed by atoms with Crippen molar-refractivity contribution in [3.8, 4) is 0 Å². The Labute approximate surface area is 127 Å². The second kappa shape index (κ2) is 8.95. The minimum atomic E-state index is 0. The van der Waals surface area contributed by atoms with Gasteiger partial charge in [-0.3, -0.25) is 4.79 Å². The molecule has 1 heterocycles. The summed E-state index contributed by atoms with van der Waals surface area (Å²) in [5.74, 6) is 0.0990. The summed E-state index contributed by atoms with van der Waals surface area (Å²) in [6.45, 7) is 3.03. The molecule has 2 rings (SSSR count). The first-order chi connectivity index (χ1) is 9.28. The van der Waals surface area contributed by atoms with Crippen LogP contribution in [0.5, 0.6) is 0 Å². The van der Waals surface area contributed by atoms with Gasteiger partial charge in [-0.15, -0.1) is 12.4 Å². The summed E-state index contributed by atoms with van der Waals surface area (Å²) in [7, 11) is 2.02. The fourth-order valence-corrected chi connectivity index (χ4v) is 2.45. The molecule has 1 fully saturated rings. The van der Waals surface area contributed by atoms with Crippen molar-refractivity contribution >= 4 is 24.0 Å². The molecule has 2 N–H and O–H groups in total. The highest BCUT2D eigenvalue weighted by atomic mass is 35.5. The first-order valence-electron chi connectivity index (χ1n) is 7.02. The highest BCUT2D eigenvalue weighted by Crippen LogP contribution is 2.11. The molecule has 1 aromatic carbocycles. The first kappa shape index (κ1) is 17.0. The monoisotopic (exact) mass is 297 g/mol. The van der Waals surface area contributed by atoms with E-state index in [1.807, 2.05) is 37.4 Å². The minimum Gasteiger partial charge on any atom is -0.326 e. The molecule has 1 amide bonds. The van der Waals surface area contributed by atoms with E-state index >= 15 is 0 Å². The summed E-state index contributed by atoms with van der Waals surface area (Å²) in [4.78, 5) is 14.2. The fourth-order valence-electron chi connectivity index (χ4n) is 2.45. The number of nitrogens with one attached hydrogen (secondary N) is 2. The number of hydrogen-bond acceptors (Lipinski definition) is 3. The molecule has 0 aromatic heterocycles. The lowest BCUT2D eigenvalue weighted by molar-refractivity contribution is -0.116. The largest absolute Gasteiger partial charge is 0.326 e. The fraction of sp³-hybridized carbons (Fsp3) is 0.533. The molecular weight excluding hydrogens is 274 g/mol. The van der Waals surface area contributed by atoms with Crippen LogP contribution in [0, 0.1) is 0 Å². The van der Waals surface area contributed by atoms with Crippen LogP contribution in [-0.4, -0.2) is 43.5 Å². The van der Waals surface area contributed by atoms with Gasteiger partial charge in [0.25, 0.3) is 0 Å². The van der Waals surface area contributed by atoms with Crippen molar-refractivity contribution < 1.29 is 4.79 Å². The molecule has 20 heavy (non-hydrogen) atoms. The number of likely N-dealkylation sites (tertiary alicyclic amines) is 1. The Kier molecular flexibility index (Phi) is 7.59. The van der Waals surface area contributed by atoms with Crippen LogP contribution in [0.25, 0.3) is 0 Å². The van der Waals surface area contributed by atoms with Crippen LogP contribution in [0.15, 0.2) is 30.3 Å². The number of anilines is 1. The number of carbonyl (C=O) groups excluding carboxylic acids is 1. The van der Waals surface area contributed by atoms with Crippen molar-refractivity contribution in [3.63, 3.8) is 0 Å². The molecule has 5 heteroatoms. The molecule has 0 bridgehead atoms. The molecule has 112 valence electrons. The molecule has 1 aromatic rings. The highest BCUT2D eigenvalue weighted by Gasteiger charge is 2.17. The van der Waals surface area contributed by atoms with Gasteiger partial charge in [-0.25, -0.2) is 0 Å². The van der Waals surface area contributed by atoms with Crippen LogP contribution in [0.3, 0.4) is 0 Å². The summed E-state index contributed by atoms with van der Waals surface area (Å²) in [6, 6.07) is 10.3. The van der Waals surface area contributed by atoms with Gasteiger partial charge in [0.05, 0.1) is 0 Å². The van der Waals surface area contributed by atoms with Crippen LogP contribution >= 0.6 is 12.4 Å². The predicted molar refractivity (Wildman–Crippen MR) is 85.5 cm³/mol. The summed E-state index contributed by atoms with van der Waals surface area (Å²) in [5.41, 5.74) is 0.876. The Morgan fingerprint density at radius 2 is 1.90 bits per heavy atom. The van der Waals surface area contributed by atoms with Crippen molar-refractivity contribution in [2.24, 2.45) is 0 Å². The number of para-hydroxylation sites is 1. The zero-order valence-corrected chi connectivity index (χ0v) is 12.8. The quantitative estimate of drug-likeness (QED) is 0.875. The van der Waals surface area contributed by atoms with Gasteiger partial charge in [0.15, 0.2) is 0 Å². The van der Waals surface area contributed by atoms with E-state index in [1.165, 1.54) is 12.8 Å². The second-order valence-corrected chi connectivity index (χ2v) is 5.07. The van der Waals surface area contributed by atoms with Crippen LogP contribution in [0.2, 0.25) is 0 Å². The lowest BCUT2D eigenvalue weighted by atomic mass is 10.1. The Hall–Kier alpha value is -1.10. The number of halogens is 1. The third-order valence-corrected chi connectivity index (χ3v) is 3.71. The van der Waals surface area contributed by atoms with E-state index < -0.39 is 0 Å². The Morgan fingerprint density at radius 1 is 1.25 bits per heavy atom. The van der Waals surface area contributed by atoms with Crippen molar-refractivity contribution in [1.29, 1.82) is 0 Å². The van der Waals surface area contributed by atoms with E-state index in [1.54, 1.807) is 0 Å². The molecule has 1 aliphatic rings. The van der Waals surface area contributed by atoms with E-state index in [-0.39, 0.29) is 18.3 Å². The van der Waals surface area contributed by atoms with Gasteiger partial charge >= 0.3 is 0 Å². The van der Waals surface area contributed by atoms with Gasteiger partial charge in [-0.1, -0.05) is 18.2 Å². The summed E-state index contributed by atoms with van der Waals surface area (Å²) >= 11 is 0. The summed E-state index contributed by atoms with van der Waals surface area (Å²) in [5, 5.41) is 6.24. The maximum Gasteiger partial charge on any atom is 0.225 e. The van der Waals surface area contributed by atoms with Crippen molar-refractivity contribution in [2.75, 3.05) is 32.0 Å². The average molecular weight is 298 g/mol. The van der Waals surface area contributed by atoms with Crippen LogP contribution in [0.4, 0.5) is 5.69 Å². The third kappa shape index (κ3) is 5.49. The molecule has 0 atom stereocenters. The van der Waals surface area contributed by atoms with Gasteiger partial charge in [-0.2, -0.15) is 0 Å². The normalized spacial score (nSPS) is 16.4. The molecular formula is C15H24ClN3O. The van der Waals surface area contributed by atoms with Crippen molar-refractivity contribution in [2.45, 2.75) is 25.3 Å². The Bertz CT molecular complexity index is 391. The van der Waals surface area contributed by atoms with Gasteiger partial charge in [0, 0.05) is 24.7 Å². The predicted octanol–water partition coefficient (Wildman–Crippen LogP) is 2.12. The molecule has 0 unspecified atom stereocenters. The smallest absolute Gasteiger partial charge is 0.225 e. The Morgan fingerprint density at radius 3 is 2.50 bits per heavy atom. The molecule has 0 aliphatic carbocycles. The molecule has 4 nitrogen and oxygen atoms in total. The number of amides is 1. The van der Waals surface area contributed by atoms with Crippen molar-refractivity contribution in [1.82, 2.24) is 10.2 Å². The van der Waals surface area contributed by atoms with Gasteiger partial charge in [0.2, 0.25) is 5.91 Å². The number of carbonyl (C=O) groups is 1. The first-order valence-corrected chi connectivity index (χ1v) is 7.02.